The minimum atomic E-state index is -0.229. The van der Waals surface area contributed by atoms with Crippen molar-refractivity contribution in [3.8, 4) is 5.69 Å². The summed E-state index contributed by atoms with van der Waals surface area (Å²) in [5, 5.41) is 8.08. The maximum Gasteiger partial charge on any atom is 0.316 e. The molecule has 2 aromatic heterocycles. The molecular formula is C18H19N3O3S. The summed E-state index contributed by atoms with van der Waals surface area (Å²) >= 11 is 1.50. The molecule has 0 N–H and O–H groups in total. The molecule has 1 aromatic carbocycles. The van der Waals surface area contributed by atoms with Gasteiger partial charge in [0.05, 0.1) is 17.1 Å². The SMILES string of the molecule is Cc1noc(C)c1CSCC(=O)OCc1ccc(-n2cccn2)cc1. The Hall–Kier alpha value is -2.54. The van der Waals surface area contributed by atoms with E-state index in [-0.39, 0.29) is 12.6 Å². The Bertz CT molecular complexity index is 806. The highest BCUT2D eigenvalue weighted by Gasteiger charge is 2.10. The van der Waals surface area contributed by atoms with Crippen LogP contribution in [0.3, 0.4) is 0 Å². The van der Waals surface area contributed by atoms with E-state index < -0.39 is 0 Å². The lowest BCUT2D eigenvalue weighted by molar-refractivity contribution is -0.141. The average Bonchev–Trinajstić information content (AvgIpc) is 3.26. The smallest absolute Gasteiger partial charge is 0.316 e. The van der Waals surface area contributed by atoms with Crippen LogP contribution in [0.4, 0.5) is 0 Å². The van der Waals surface area contributed by atoms with Gasteiger partial charge in [-0.1, -0.05) is 17.3 Å². The minimum Gasteiger partial charge on any atom is -0.460 e. The van der Waals surface area contributed by atoms with E-state index in [0.29, 0.717) is 11.5 Å². The van der Waals surface area contributed by atoms with Crippen molar-refractivity contribution in [1.29, 1.82) is 0 Å². The summed E-state index contributed by atoms with van der Waals surface area (Å²) in [5.41, 5.74) is 3.83. The topological polar surface area (TPSA) is 70.2 Å². The van der Waals surface area contributed by atoms with E-state index >= 15 is 0 Å². The second kappa shape index (κ2) is 8.02. The van der Waals surface area contributed by atoms with Gasteiger partial charge in [-0.2, -0.15) is 5.10 Å². The molecule has 0 radical (unpaired) electrons. The molecule has 0 fully saturated rings. The van der Waals surface area contributed by atoms with E-state index in [1.165, 1.54) is 11.8 Å². The summed E-state index contributed by atoms with van der Waals surface area (Å²) in [6, 6.07) is 9.63. The van der Waals surface area contributed by atoms with Gasteiger partial charge in [0, 0.05) is 23.7 Å². The van der Waals surface area contributed by atoms with E-state index in [4.69, 9.17) is 9.26 Å². The van der Waals surface area contributed by atoms with Gasteiger partial charge in [-0.3, -0.25) is 4.79 Å². The number of carbonyl (C=O) groups is 1. The molecule has 0 saturated carbocycles. The number of ether oxygens (including phenoxy) is 1. The number of aryl methyl sites for hydroxylation is 2. The number of benzene rings is 1. The van der Waals surface area contributed by atoms with Crippen LogP contribution in [0.1, 0.15) is 22.6 Å². The summed E-state index contributed by atoms with van der Waals surface area (Å²) in [7, 11) is 0. The fraction of sp³-hybridized carbons (Fsp3) is 0.278. The van der Waals surface area contributed by atoms with Gasteiger partial charge in [0.2, 0.25) is 0 Å². The zero-order valence-electron chi connectivity index (χ0n) is 14.1. The fourth-order valence-corrected chi connectivity index (χ4v) is 3.28. The second-order valence-corrected chi connectivity index (χ2v) is 6.56. The van der Waals surface area contributed by atoms with Gasteiger partial charge in [-0.15, -0.1) is 11.8 Å². The number of thioether (sulfide) groups is 1. The van der Waals surface area contributed by atoms with Crippen LogP contribution in [0.15, 0.2) is 47.2 Å². The zero-order chi connectivity index (χ0) is 17.6. The zero-order valence-corrected chi connectivity index (χ0v) is 15.0. The third kappa shape index (κ3) is 4.51. The number of esters is 1. The molecule has 3 aromatic rings. The van der Waals surface area contributed by atoms with Crippen molar-refractivity contribution in [3.63, 3.8) is 0 Å². The summed E-state index contributed by atoms with van der Waals surface area (Å²) in [4.78, 5) is 11.9. The van der Waals surface area contributed by atoms with Gasteiger partial charge in [-0.25, -0.2) is 4.68 Å². The van der Waals surface area contributed by atoms with Crippen LogP contribution in [0, 0.1) is 13.8 Å². The van der Waals surface area contributed by atoms with Crippen molar-refractivity contribution in [2.24, 2.45) is 0 Å². The normalized spacial score (nSPS) is 10.8. The lowest BCUT2D eigenvalue weighted by atomic mass is 10.2. The molecule has 0 aliphatic rings. The second-order valence-electron chi connectivity index (χ2n) is 5.57. The number of hydrogen-bond donors (Lipinski definition) is 0. The Balaban J connectivity index is 1.43. The predicted octanol–water partition coefficient (Wildman–Crippen LogP) is 3.45. The van der Waals surface area contributed by atoms with Crippen LogP contribution < -0.4 is 0 Å². The monoisotopic (exact) mass is 357 g/mol. The van der Waals surface area contributed by atoms with Gasteiger partial charge < -0.3 is 9.26 Å². The van der Waals surface area contributed by atoms with Crippen molar-refractivity contribution in [2.75, 3.05) is 5.75 Å². The Labute approximate surface area is 150 Å². The van der Waals surface area contributed by atoms with E-state index in [1.54, 1.807) is 10.9 Å². The molecule has 3 rings (SSSR count). The molecule has 0 aliphatic carbocycles. The van der Waals surface area contributed by atoms with Crippen molar-refractivity contribution in [1.82, 2.24) is 14.9 Å². The molecule has 6 nitrogen and oxygen atoms in total. The molecule has 0 bridgehead atoms. The Morgan fingerprint density at radius 3 is 2.72 bits per heavy atom. The van der Waals surface area contributed by atoms with Crippen molar-refractivity contribution in [2.45, 2.75) is 26.2 Å². The van der Waals surface area contributed by atoms with Gasteiger partial charge in [0.1, 0.15) is 12.4 Å². The fourth-order valence-electron chi connectivity index (χ4n) is 2.32. The largest absolute Gasteiger partial charge is 0.460 e. The molecule has 0 spiro atoms. The number of hydrogen-bond acceptors (Lipinski definition) is 6. The van der Waals surface area contributed by atoms with Crippen LogP contribution in [0.5, 0.6) is 0 Å². The molecule has 0 unspecified atom stereocenters. The number of carbonyl (C=O) groups excluding carboxylic acids is 1. The molecule has 2 heterocycles. The standard InChI is InChI=1S/C18H19N3O3S/c1-13-17(14(2)24-20-13)11-25-12-18(22)23-10-15-4-6-16(7-5-15)21-9-3-8-19-21/h3-9H,10-12H2,1-2H3. The number of nitrogens with zero attached hydrogens (tertiary/aromatic N) is 3. The number of rotatable bonds is 7. The quantitative estimate of drug-likeness (QED) is 0.603. The van der Waals surface area contributed by atoms with E-state index in [0.717, 1.165) is 28.3 Å². The van der Waals surface area contributed by atoms with Crippen LogP contribution in [-0.2, 0) is 21.9 Å². The van der Waals surface area contributed by atoms with E-state index in [2.05, 4.69) is 10.3 Å². The minimum absolute atomic E-state index is 0.229. The highest BCUT2D eigenvalue weighted by molar-refractivity contribution is 7.99. The van der Waals surface area contributed by atoms with Gasteiger partial charge in [0.15, 0.2) is 0 Å². The highest BCUT2D eigenvalue weighted by atomic mass is 32.2. The molecule has 7 heteroatoms. The maximum atomic E-state index is 11.9. The summed E-state index contributed by atoms with van der Waals surface area (Å²) in [6.07, 6.45) is 3.61. The summed E-state index contributed by atoms with van der Waals surface area (Å²) in [6.45, 7) is 4.04. The first kappa shape index (κ1) is 17.3. The van der Waals surface area contributed by atoms with Crippen LogP contribution in [-0.4, -0.2) is 26.7 Å². The van der Waals surface area contributed by atoms with Crippen LogP contribution in [0.2, 0.25) is 0 Å². The van der Waals surface area contributed by atoms with Crippen molar-refractivity contribution >= 4 is 17.7 Å². The van der Waals surface area contributed by atoms with Gasteiger partial charge in [0.25, 0.3) is 0 Å². The third-order valence-electron chi connectivity index (χ3n) is 3.75. The first-order valence-electron chi connectivity index (χ1n) is 7.87. The molecular weight excluding hydrogens is 338 g/mol. The summed E-state index contributed by atoms with van der Waals surface area (Å²) in [5.74, 6) is 1.56. The lowest BCUT2D eigenvalue weighted by Crippen LogP contribution is -2.07. The third-order valence-corrected chi connectivity index (χ3v) is 4.69. The number of aromatic nitrogens is 3. The molecule has 130 valence electrons. The molecule has 0 amide bonds. The average molecular weight is 357 g/mol. The first-order valence-corrected chi connectivity index (χ1v) is 9.03. The first-order chi connectivity index (χ1) is 12.1. The Morgan fingerprint density at radius 2 is 2.08 bits per heavy atom. The van der Waals surface area contributed by atoms with Crippen LogP contribution >= 0.6 is 11.8 Å². The maximum absolute atomic E-state index is 11.9. The van der Waals surface area contributed by atoms with E-state index in [1.807, 2.05) is 50.4 Å². The van der Waals surface area contributed by atoms with E-state index in [9.17, 15) is 4.79 Å². The van der Waals surface area contributed by atoms with Crippen LogP contribution in [0.25, 0.3) is 5.69 Å². The molecule has 0 aliphatic heterocycles. The molecule has 0 saturated heterocycles. The Kier molecular flexibility index (Phi) is 5.55. The van der Waals surface area contributed by atoms with Crippen molar-refractivity contribution < 1.29 is 14.1 Å². The van der Waals surface area contributed by atoms with Gasteiger partial charge >= 0.3 is 5.97 Å². The van der Waals surface area contributed by atoms with Gasteiger partial charge in [-0.05, 0) is 37.6 Å². The summed E-state index contributed by atoms with van der Waals surface area (Å²) < 4.78 is 12.2. The predicted molar refractivity (Wildman–Crippen MR) is 95.5 cm³/mol. The Morgan fingerprint density at radius 1 is 1.28 bits per heavy atom. The molecule has 0 atom stereocenters. The lowest BCUT2D eigenvalue weighted by Gasteiger charge is -2.06. The highest BCUT2D eigenvalue weighted by Crippen LogP contribution is 2.19. The van der Waals surface area contributed by atoms with Crippen molar-refractivity contribution in [3.05, 3.63) is 65.3 Å². The molecule has 25 heavy (non-hydrogen) atoms.